The lowest BCUT2D eigenvalue weighted by Crippen LogP contribution is -2.32. The van der Waals surface area contributed by atoms with Crippen molar-refractivity contribution in [3.05, 3.63) is 34.3 Å². The van der Waals surface area contributed by atoms with E-state index < -0.39 is 5.41 Å². The van der Waals surface area contributed by atoms with Crippen molar-refractivity contribution in [1.82, 2.24) is 5.32 Å². The van der Waals surface area contributed by atoms with Crippen LogP contribution < -0.4 is 5.32 Å². The minimum atomic E-state index is -0.711. The molecule has 0 saturated carbocycles. The number of imide groups is 1. The summed E-state index contributed by atoms with van der Waals surface area (Å²) in [7, 11) is 0. The minimum Gasteiger partial charge on any atom is -0.296 e. The number of nitrogens with one attached hydrogen (secondary N) is 1. The maximum atomic E-state index is 11.6. The molecule has 2 amide bonds. The van der Waals surface area contributed by atoms with Gasteiger partial charge in [-0.1, -0.05) is 28.1 Å². The number of amides is 2. The molecule has 4 heteroatoms. The molecule has 3 nitrogen and oxygen atoms in total. The third kappa shape index (κ3) is 1.69. The zero-order valence-electron chi connectivity index (χ0n) is 8.21. The molecular formula is C11H10BrNO2. The van der Waals surface area contributed by atoms with Crippen molar-refractivity contribution in [2.75, 3.05) is 0 Å². The van der Waals surface area contributed by atoms with Crippen molar-refractivity contribution in [2.24, 2.45) is 0 Å². The van der Waals surface area contributed by atoms with Crippen LogP contribution in [0.1, 0.15) is 18.9 Å². The Morgan fingerprint density at radius 1 is 1.27 bits per heavy atom. The second kappa shape index (κ2) is 3.45. The van der Waals surface area contributed by atoms with Gasteiger partial charge >= 0.3 is 0 Å². The second-order valence-corrected chi connectivity index (χ2v) is 4.81. The van der Waals surface area contributed by atoms with Gasteiger partial charge in [-0.05, 0) is 24.6 Å². The minimum absolute atomic E-state index is 0.203. The van der Waals surface area contributed by atoms with Crippen LogP contribution in [0, 0.1) is 0 Å². The first-order chi connectivity index (χ1) is 7.02. The van der Waals surface area contributed by atoms with Crippen LogP contribution in [0.15, 0.2) is 28.7 Å². The van der Waals surface area contributed by atoms with Gasteiger partial charge in [-0.2, -0.15) is 0 Å². The van der Waals surface area contributed by atoms with E-state index in [1.54, 1.807) is 6.92 Å². The lowest BCUT2D eigenvalue weighted by molar-refractivity contribution is -0.126. The Kier molecular flexibility index (Phi) is 2.38. The Morgan fingerprint density at radius 3 is 2.33 bits per heavy atom. The van der Waals surface area contributed by atoms with Gasteiger partial charge in [0.15, 0.2) is 0 Å². The van der Waals surface area contributed by atoms with Gasteiger partial charge in [-0.15, -0.1) is 0 Å². The normalized spacial score (nSPS) is 25.5. The molecule has 1 aliphatic heterocycles. The summed E-state index contributed by atoms with van der Waals surface area (Å²) in [6.07, 6.45) is 0.230. The average molecular weight is 268 g/mol. The Hall–Kier alpha value is -1.16. The van der Waals surface area contributed by atoms with Gasteiger partial charge in [0, 0.05) is 10.9 Å². The fraction of sp³-hybridized carbons (Fsp3) is 0.273. The van der Waals surface area contributed by atoms with Gasteiger partial charge in [-0.25, -0.2) is 0 Å². The molecule has 1 saturated heterocycles. The average Bonchev–Trinajstić information content (AvgIpc) is 2.42. The van der Waals surface area contributed by atoms with Gasteiger partial charge in [0.05, 0.1) is 5.41 Å². The molecule has 0 aliphatic carbocycles. The fourth-order valence-electron chi connectivity index (χ4n) is 1.76. The van der Waals surface area contributed by atoms with Crippen molar-refractivity contribution in [2.45, 2.75) is 18.8 Å². The molecule has 1 atom stereocenters. The van der Waals surface area contributed by atoms with E-state index in [2.05, 4.69) is 21.2 Å². The molecule has 0 bridgehead atoms. The van der Waals surface area contributed by atoms with E-state index in [0.29, 0.717) is 0 Å². The van der Waals surface area contributed by atoms with Crippen LogP contribution in [-0.4, -0.2) is 11.8 Å². The summed E-state index contributed by atoms with van der Waals surface area (Å²) in [6.45, 7) is 1.79. The quantitative estimate of drug-likeness (QED) is 0.789. The Bertz CT molecular complexity index is 427. The Morgan fingerprint density at radius 2 is 1.87 bits per heavy atom. The second-order valence-electron chi connectivity index (χ2n) is 3.89. The van der Waals surface area contributed by atoms with E-state index in [4.69, 9.17) is 0 Å². The highest BCUT2D eigenvalue weighted by molar-refractivity contribution is 9.10. The van der Waals surface area contributed by atoms with Gasteiger partial charge in [-0.3, -0.25) is 14.9 Å². The molecule has 0 aromatic heterocycles. The smallest absolute Gasteiger partial charge is 0.237 e. The van der Waals surface area contributed by atoms with E-state index >= 15 is 0 Å². The SMILES string of the molecule is C[C@]1(c2ccc(Br)cc2)CC(=O)NC1=O. The van der Waals surface area contributed by atoms with E-state index in [9.17, 15) is 9.59 Å². The molecule has 1 aromatic rings. The Balaban J connectivity index is 2.41. The van der Waals surface area contributed by atoms with Gasteiger partial charge in [0.1, 0.15) is 0 Å². The number of carbonyl (C=O) groups is 2. The summed E-state index contributed by atoms with van der Waals surface area (Å²) in [5.74, 6) is -0.416. The zero-order valence-corrected chi connectivity index (χ0v) is 9.80. The third-order valence-electron chi connectivity index (χ3n) is 2.75. The van der Waals surface area contributed by atoms with E-state index in [1.807, 2.05) is 24.3 Å². The summed E-state index contributed by atoms with van der Waals surface area (Å²) < 4.78 is 0.958. The standard InChI is InChI=1S/C11H10BrNO2/c1-11(6-9(14)13-10(11)15)7-2-4-8(12)5-3-7/h2-5H,6H2,1H3,(H,13,14,15)/t11-/m1/s1. The van der Waals surface area contributed by atoms with Crippen molar-refractivity contribution in [3.63, 3.8) is 0 Å². The molecule has 1 aliphatic rings. The third-order valence-corrected chi connectivity index (χ3v) is 3.28. The summed E-state index contributed by atoms with van der Waals surface area (Å²) in [5.41, 5.74) is 0.159. The van der Waals surface area contributed by atoms with Crippen LogP contribution >= 0.6 is 15.9 Å². The van der Waals surface area contributed by atoms with Crippen LogP contribution in [0.4, 0.5) is 0 Å². The van der Waals surface area contributed by atoms with Gasteiger partial charge < -0.3 is 0 Å². The number of halogens is 1. The molecule has 1 aromatic carbocycles. The lowest BCUT2D eigenvalue weighted by Gasteiger charge is -2.19. The van der Waals surface area contributed by atoms with E-state index in [1.165, 1.54) is 0 Å². The Labute approximate surface area is 96.0 Å². The first-order valence-corrected chi connectivity index (χ1v) is 5.42. The van der Waals surface area contributed by atoms with E-state index in [0.717, 1.165) is 10.0 Å². The van der Waals surface area contributed by atoms with Crippen LogP contribution in [-0.2, 0) is 15.0 Å². The van der Waals surface area contributed by atoms with Crippen molar-refractivity contribution in [1.29, 1.82) is 0 Å². The monoisotopic (exact) mass is 267 g/mol. The molecule has 78 valence electrons. The maximum absolute atomic E-state index is 11.6. The summed E-state index contributed by atoms with van der Waals surface area (Å²) in [4.78, 5) is 22.8. The molecule has 1 fully saturated rings. The van der Waals surface area contributed by atoms with Crippen molar-refractivity contribution in [3.8, 4) is 0 Å². The van der Waals surface area contributed by atoms with Crippen molar-refractivity contribution < 1.29 is 9.59 Å². The molecule has 2 rings (SSSR count). The van der Waals surface area contributed by atoms with Crippen LogP contribution in [0.3, 0.4) is 0 Å². The predicted molar refractivity (Wildman–Crippen MR) is 59.3 cm³/mol. The fourth-order valence-corrected chi connectivity index (χ4v) is 2.03. The molecule has 1 heterocycles. The summed E-state index contributed by atoms with van der Waals surface area (Å²) >= 11 is 3.33. The molecule has 1 N–H and O–H groups in total. The number of carbonyl (C=O) groups excluding carboxylic acids is 2. The highest BCUT2D eigenvalue weighted by atomic mass is 79.9. The summed E-state index contributed by atoms with van der Waals surface area (Å²) in [5, 5.41) is 2.33. The predicted octanol–water partition coefficient (Wildman–Crippen LogP) is 1.75. The van der Waals surface area contributed by atoms with E-state index in [-0.39, 0.29) is 18.2 Å². The molecule has 0 unspecified atom stereocenters. The van der Waals surface area contributed by atoms with Crippen LogP contribution in [0.25, 0.3) is 0 Å². The highest BCUT2D eigenvalue weighted by Gasteiger charge is 2.43. The van der Waals surface area contributed by atoms with Crippen LogP contribution in [0.2, 0.25) is 0 Å². The first kappa shape index (κ1) is 10.4. The lowest BCUT2D eigenvalue weighted by atomic mass is 9.81. The van der Waals surface area contributed by atoms with Gasteiger partial charge in [0.25, 0.3) is 0 Å². The number of hydrogen-bond acceptors (Lipinski definition) is 2. The topological polar surface area (TPSA) is 46.2 Å². The number of hydrogen-bond donors (Lipinski definition) is 1. The molecule has 15 heavy (non-hydrogen) atoms. The molecule has 0 radical (unpaired) electrons. The largest absolute Gasteiger partial charge is 0.296 e. The van der Waals surface area contributed by atoms with Crippen molar-refractivity contribution >= 4 is 27.7 Å². The number of benzene rings is 1. The highest BCUT2D eigenvalue weighted by Crippen LogP contribution is 2.32. The summed E-state index contributed by atoms with van der Waals surface area (Å²) in [6, 6.07) is 7.47. The van der Waals surface area contributed by atoms with Gasteiger partial charge in [0.2, 0.25) is 11.8 Å². The molecule has 0 spiro atoms. The maximum Gasteiger partial charge on any atom is 0.237 e. The molecular weight excluding hydrogens is 258 g/mol. The van der Waals surface area contributed by atoms with Crippen LogP contribution in [0.5, 0.6) is 0 Å². The first-order valence-electron chi connectivity index (χ1n) is 4.63. The zero-order chi connectivity index (χ0) is 11.1. The number of rotatable bonds is 1.